The molecule has 37 valence electrons. The molecule has 0 aliphatic rings. The molecular formula is H9AlCeO3Y. The molecule has 0 aromatic heterocycles. The Morgan fingerprint density at radius 3 is 0.667 bits per heavy atom. The SMILES string of the molecule is O.O.O.[AlH3].[Ce].[Y]. The summed E-state index contributed by atoms with van der Waals surface area (Å²) >= 11 is 0. The van der Waals surface area contributed by atoms with E-state index in [1.165, 1.54) is 0 Å². The normalized spacial score (nSPS) is 0. The zero-order valence-electron chi connectivity index (χ0n) is 2.58. The molecule has 0 unspecified atom stereocenters. The Morgan fingerprint density at radius 2 is 0.667 bits per heavy atom. The Balaban J connectivity index is 0. The van der Waals surface area contributed by atoms with Crippen LogP contribution in [0.2, 0.25) is 0 Å². The van der Waals surface area contributed by atoms with E-state index >= 15 is 0 Å². The van der Waals surface area contributed by atoms with Crippen LogP contribution in [-0.2, 0) is 32.7 Å². The van der Waals surface area contributed by atoms with E-state index < -0.39 is 0 Å². The first-order valence-corrected chi connectivity index (χ1v) is 0. The molecule has 0 amide bonds. The monoisotopic (exact) mass is 313 g/mol. The quantitative estimate of drug-likeness (QED) is 0.412. The van der Waals surface area contributed by atoms with E-state index in [-0.39, 0.29) is 108 Å². The smallest absolute Gasteiger partial charge is 0.187 e. The standard InChI is InChI=1S/Al.Ce.3H2O.Y.3H/h;;3*1H2;;;;. The van der Waals surface area contributed by atoms with E-state index in [9.17, 15) is 0 Å². The Morgan fingerprint density at radius 1 is 0.667 bits per heavy atom. The van der Waals surface area contributed by atoms with E-state index in [1.807, 2.05) is 0 Å². The summed E-state index contributed by atoms with van der Waals surface area (Å²) in [4.78, 5) is 0. The van der Waals surface area contributed by atoms with Gasteiger partial charge in [-0.15, -0.1) is 0 Å². The second-order valence-corrected chi connectivity index (χ2v) is 0. The first-order chi connectivity index (χ1) is 0. The van der Waals surface area contributed by atoms with Crippen LogP contribution < -0.4 is 0 Å². The van der Waals surface area contributed by atoms with Gasteiger partial charge in [0.25, 0.3) is 0 Å². The van der Waals surface area contributed by atoms with Gasteiger partial charge in [0.05, 0.1) is 0 Å². The molecule has 0 aliphatic heterocycles. The van der Waals surface area contributed by atoms with E-state index in [0.717, 1.165) is 0 Å². The summed E-state index contributed by atoms with van der Waals surface area (Å²) in [6, 6.07) is 0. The zero-order valence-corrected chi connectivity index (χ0v) is 8.56. The summed E-state index contributed by atoms with van der Waals surface area (Å²) in [7, 11) is 0. The van der Waals surface area contributed by atoms with E-state index in [0.29, 0.717) is 0 Å². The van der Waals surface area contributed by atoms with Gasteiger partial charge in [-0.05, 0) is 0 Å². The van der Waals surface area contributed by atoms with Gasteiger partial charge in [-0.25, -0.2) is 0 Å². The van der Waals surface area contributed by atoms with Gasteiger partial charge >= 0.3 is 0 Å². The second kappa shape index (κ2) is 44.8. The molecule has 0 rings (SSSR count). The molecule has 0 fully saturated rings. The Kier molecular flexibility index (Phi) is 494. The van der Waals surface area contributed by atoms with Crippen molar-refractivity contribution in [2.45, 2.75) is 0 Å². The van der Waals surface area contributed by atoms with Crippen molar-refractivity contribution in [2.75, 3.05) is 0 Å². The minimum absolute atomic E-state index is 0. The van der Waals surface area contributed by atoms with Gasteiger partial charge in [0.2, 0.25) is 0 Å². The summed E-state index contributed by atoms with van der Waals surface area (Å²) in [6.07, 6.45) is 0. The molecule has 6 heteroatoms. The van der Waals surface area contributed by atoms with Crippen LogP contribution in [-0.4, -0.2) is 33.8 Å². The molecule has 0 saturated carbocycles. The van der Waals surface area contributed by atoms with Crippen LogP contribution in [0, 0.1) is 41.7 Å². The summed E-state index contributed by atoms with van der Waals surface area (Å²) in [5, 5.41) is 0. The molecule has 0 aromatic carbocycles. The minimum Gasteiger partial charge on any atom is -0.412 e. The molecule has 0 atom stereocenters. The Bertz CT molecular complexity index is 10.8. The Hall–Kier alpha value is 2.89. The number of rotatable bonds is 0. The Labute approximate surface area is 106 Å². The van der Waals surface area contributed by atoms with Gasteiger partial charge in [-0.1, -0.05) is 0 Å². The average molecular weight is 313 g/mol. The third kappa shape index (κ3) is 28.6. The van der Waals surface area contributed by atoms with Gasteiger partial charge in [0.1, 0.15) is 0 Å². The maximum Gasteiger partial charge on any atom is 0.187 e. The van der Waals surface area contributed by atoms with Crippen molar-refractivity contribution in [3.8, 4) is 0 Å². The fourth-order valence-corrected chi connectivity index (χ4v) is 0. The second-order valence-electron chi connectivity index (χ2n) is 0. The fourth-order valence-electron chi connectivity index (χ4n) is 0. The van der Waals surface area contributed by atoms with Crippen LogP contribution in [0.1, 0.15) is 0 Å². The summed E-state index contributed by atoms with van der Waals surface area (Å²) in [5.74, 6) is 0. The zero-order chi connectivity index (χ0) is 0. The van der Waals surface area contributed by atoms with Gasteiger partial charge in [-0.2, -0.15) is 0 Å². The van der Waals surface area contributed by atoms with Crippen molar-refractivity contribution < 1.29 is 90.9 Å². The third-order valence-electron chi connectivity index (χ3n) is 0. The van der Waals surface area contributed by atoms with Crippen molar-refractivity contribution in [1.29, 1.82) is 0 Å². The van der Waals surface area contributed by atoms with Crippen LogP contribution in [0.3, 0.4) is 0 Å². The molecule has 6 N–H and O–H groups in total. The van der Waals surface area contributed by atoms with E-state index in [4.69, 9.17) is 0 Å². The number of hydrogen-bond acceptors (Lipinski definition) is 0. The molecule has 0 aliphatic carbocycles. The van der Waals surface area contributed by atoms with Crippen LogP contribution in [0.15, 0.2) is 0 Å². The molecule has 0 aromatic rings. The van der Waals surface area contributed by atoms with Crippen molar-refractivity contribution in [3.05, 3.63) is 0 Å². The summed E-state index contributed by atoms with van der Waals surface area (Å²) < 4.78 is 0. The maximum absolute atomic E-state index is 0. The van der Waals surface area contributed by atoms with Crippen LogP contribution in [0.4, 0.5) is 0 Å². The first kappa shape index (κ1) is 66.2. The van der Waals surface area contributed by atoms with Gasteiger partial charge in [0, 0.05) is 74.5 Å². The van der Waals surface area contributed by atoms with Crippen molar-refractivity contribution in [1.82, 2.24) is 0 Å². The van der Waals surface area contributed by atoms with Crippen LogP contribution >= 0.6 is 0 Å². The minimum atomic E-state index is 0. The van der Waals surface area contributed by atoms with Gasteiger partial charge in [0.15, 0.2) is 17.4 Å². The first-order valence-electron chi connectivity index (χ1n) is 0. The predicted molar refractivity (Wildman–Crippen MR) is 20.8 cm³/mol. The molecule has 6 heavy (non-hydrogen) atoms. The van der Waals surface area contributed by atoms with E-state index in [1.54, 1.807) is 0 Å². The molecule has 0 spiro atoms. The van der Waals surface area contributed by atoms with E-state index in [2.05, 4.69) is 0 Å². The number of hydrogen-bond donors (Lipinski definition) is 0. The summed E-state index contributed by atoms with van der Waals surface area (Å²) in [6.45, 7) is 0. The molecule has 0 saturated heterocycles. The van der Waals surface area contributed by atoms with Crippen molar-refractivity contribution >= 4 is 17.4 Å². The van der Waals surface area contributed by atoms with Crippen molar-refractivity contribution in [2.24, 2.45) is 0 Å². The maximum atomic E-state index is 0. The molecule has 1 radical (unpaired) electrons. The fraction of sp³-hybridized carbons (Fsp3) is 0. The van der Waals surface area contributed by atoms with Crippen molar-refractivity contribution in [3.63, 3.8) is 0 Å². The molecule has 3 nitrogen and oxygen atoms in total. The average Bonchev–Trinajstić information content (AvgIpc) is 0. The molecule has 0 bridgehead atoms. The van der Waals surface area contributed by atoms with Gasteiger partial charge in [-0.3, -0.25) is 0 Å². The largest absolute Gasteiger partial charge is 0.412 e. The van der Waals surface area contributed by atoms with Crippen LogP contribution in [0.25, 0.3) is 0 Å². The third-order valence-corrected chi connectivity index (χ3v) is 0. The van der Waals surface area contributed by atoms with Crippen LogP contribution in [0.5, 0.6) is 0 Å². The molecular weight excluding hydrogens is 304 g/mol. The topological polar surface area (TPSA) is 94.5 Å². The summed E-state index contributed by atoms with van der Waals surface area (Å²) in [5.41, 5.74) is 0. The van der Waals surface area contributed by atoms with Gasteiger partial charge < -0.3 is 16.4 Å². The predicted octanol–water partition coefficient (Wildman–Crippen LogP) is -3.66. The molecule has 0 heterocycles.